The van der Waals surface area contributed by atoms with Crippen molar-refractivity contribution in [1.82, 2.24) is 0 Å². The normalized spacial score (nSPS) is 9.50. The zero-order valence-corrected chi connectivity index (χ0v) is 6.20. The van der Waals surface area contributed by atoms with Crippen LogP contribution < -0.4 is 4.74 Å². The number of nitro benzene ring substituents is 1. The largest absolute Gasteiger partial charge is 0.496 e. The molecule has 0 saturated carbocycles. The summed E-state index contributed by atoms with van der Waals surface area (Å²) in [5.41, 5.74) is -0.601. The molecule has 4 nitrogen and oxygen atoms in total. The van der Waals surface area contributed by atoms with Crippen LogP contribution >= 0.6 is 0 Å². The molecule has 0 aliphatic rings. The molecule has 0 fully saturated rings. The van der Waals surface area contributed by atoms with Gasteiger partial charge in [0.25, 0.3) is 0 Å². The molecule has 0 bridgehead atoms. The molecule has 0 atom stereocenters. The fraction of sp³-hybridized carbons (Fsp3) is 0.143. The van der Waals surface area contributed by atoms with Crippen molar-refractivity contribution in [2.24, 2.45) is 0 Å². The average molecular weight is 170 g/mol. The number of halogens is 1. The van der Waals surface area contributed by atoms with Crippen LogP contribution in [-0.2, 0) is 0 Å². The summed E-state index contributed by atoms with van der Waals surface area (Å²) in [5.74, 6) is -0.784. The third-order valence-corrected chi connectivity index (χ3v) is 1.27. The Labute approximate surface area is 67.7 Å². The van der Waals surface area contributed by atoms with E-state index in [4.69, 9.17) is 0 Å². The maximum Gasteiger partial charge on any atom is 0.305 e. The van der Waals surface area contributed by atoms with E-state index in [1.807, 2.05) is 0 Å². The van der Waals surface area contributed by atoms with Gasteiger partial charge in [0.2, 0.25) is 5.82 Å². The highest BCUT2D eigenvalue weighted by molar-refractivity contribution is 5.36. The molecule has 12 heavy (non-hydrogen) atoms. The molecule has 0 heterocycles. The number of rotatable bonds is 2. The highest BCUT2D eigenvalue weighted by Gasteiger charge is 2.13. The highest BCUT2D eigenvalue weighted by atomic mass is 19.1. The van der Waals surface area contributed by atoms with Crippen LogP contribution in [0.4, 0.5) is 10.1 Å². The number of nitrogens with zero attached hydrogens (tertiary/aromatic N) is 1. The van der Waals surface area contributed by atoms with Crippen molar-refractivity contribution >= 4 is 5.69 Å². The second-order valence-electron chi connectivity index (χ2n) is 1.99. The highest BCUT2D eigenvalue weighted by Crippen LogP contribution is 2.20. The van der Waals surface area contributed by atoms with Gasteiger partial charge in [0, 0.05) is 18.2 Å². The van der Waals surface area contributed by atoms with Crippen LogP contribution in [0, 0.1) is 22.0 Å². The van der Waals surface area contributed by atoms with Gasteiger partial charge in [-0.25, -0.2) is 0 Å². The topological polar surface area (TPSA) is 52.4 Å². The van der Waals surface area contributed by atoms with Gasteiger partial charge in [0.05, 0.1) is 12.0 Å². The number of benzene rings is 1. The lowest BCUT2D eigenvalue weighted by Gasteiger charge is -1.97. The molecule has 0 unspecified atom stereocenters. The van der Waals surface area contributed by atoms with E-state index in [1.54, 1.807) is 0 Å². The summed E-state index contributed by atoms with van der Waals surface area (Å²) in [4.78, 5) is 9.31. The molecule has 0 aliphatic carbocycles. The van der Waals surface area contributed by atoms with Crippen molar-refractivity contribution in [1.29, 1.82) is 0 Å². The van der Waals surface area contributed by atoms with E-state index >= 15 is 0 Å². The second-order valence-corrected chi connectivity index (χ2v) is 1.99. The van der Waals surface area contributed by atoms with E-state index in [2.05, 4.69) is 10.8 Å². The lowest BCUT2D eigenvalue weighted by Crippen LogP contribution is -1.93. The van der Waals surface area contributed by atoms with Gasteiger partial charge in [-0.1, -0.05) is 0 Å². The molecular weight excluding hydrogens is 165 g/mol. The molecule has 0 saturated heterocycles. The van der Waals surface area contributed by atoms with Crippen LogP contribution in [0.2, 0.25) is 0 Å². The Morgan fingerprint density at radius 1 is 1.75 bits per heavy atom. The second kappa shape index (κ2) is 3.17. The minimum absolute atomic E-state index is 0.137. The molecule has 1 aromatic carbocycles. The summed E-state index contributed by atoms with van der Waals surface area (Å²) in [5, 5.41) is 10.1. The zero-order chi connectivity index (χ0) is 9.14. The quantitative estimate of drug-likeness (QED) is 0.499. The SMILES string of the molecule is COc1[c]cc([N+](=O)[O-])c(F)c1. The first-order chi connectivity index (χ1) is 5.65. The first kappa shape index (κ1) is 8.45. The monoisotopic (exact) mass is 170 g/mol. The van der Waals surface area contributed by atoms with Gasteiger partial charge in [-0.3, -0.25) is 10.1 Å². The molecule has 63 valence electrons. The Hall–Kier alpha value is -1.65. The zero-order valence-electron chi connectivity index (χ0n) is 6.20. The van der Waals surface area contributed by atoms with E-state index in [9.17, 15) is 14.5 Å². The molecule has 1 radical (unpaired) electrons. The van der Waals surface area contributed by atoms with Crippen LogP contribution in [0.15, 0.2) is 12.1 Å². The maximum atomic E-state index is 12.7. The molecule has 1 rings (SSSR count). The van der Waals surface area contributed by atoms with Gasteiger partial charge in [0.1, 0.15) is 5.75 Å². The van der Waals surface area contributed by atoms with Crippen LogP contribution in [-0.4, -0.2) is 12.0 Å². The molecule has 0 amide bonds. The first-order valence-electron chi connectivity index (χ1n) is 3.04. The predicted octanol–water partition coefficient (Wildman–Crippen LogP) is 1.54. The molecule has 5 heteroatoms. The van der Waals surface area contributed by atoms with Gasteiger partial charge >= 0.3 is 5.69 Å². The van der Waals surface area contributed by atoms with Gasteiger partial charge in [0.15, 0.2) is 0 Å². The van der Waals surface area contributed by atoms with Crippen molar-refractivity contribution in [2.45, 2.75) is 0 Å². The molecule has 0 aromatic heterocycles. The first-order valence-corrected chi connectivity index (χ1v) is 3.04. The summed E-state index contributed by atoms with van der Waals surface area (Å²) in [6.07, 6.45) is 0. The minimum Gasteiger partial charge on any atom is -0.496 e. The van der Waals surface area contributed by atoms with Gasteiger partial charge < -0.3 is 4.74 Å². The van der Waals surface area contributed by atoms with E-state index in [0.29, 0.717) is 0 Å². The lowest BCUT2D eigenvalue weighted by molar-refractivity contribution is -0.387. The molecule has 1 aromatic rings. The summed E-state index contributed by atoms with van der Waals surface area (Å²) >= 11 is 0. The van der Waals surface area contributed by atoms with Crippen molar-refractivity contribution in [3.05, 3.63) is 34.1 Å². The van der Waals surface area contributed by atoms with Crippen LogP contribution in [0.25, 0.3) is 0 Å². The van der Waals surface area contributed by atoms with Crippen molar-refractivity contribution in [3.63, 3.8) is 0 Å². The average Bonchev–Trinajstić information content (AvgIpc) is 2.03. The van der Waals surface area contributed by atoms with Gasteiger partial charge in [-0.05, 0) is 0 Å². The van der Waals surface area contributed by atoms with E-state index in [0.717, 1.165) is 12.1 Å². The number of methoxy groups -OCH3 is 1. The van der Waals surface area contributed by atoms with Gasteiger partial charge in [-0.15, -0.1) is 0 Å². The Bertz CT molecular complexity index is 314. The minimum atomic E-state index is -0.921. The summed E-state index contributed by atoms with van der Waals surface area (Å²) in [6, 6.07) is 4.26. The fourth-order valence-electron chi connectivity index (χ4n) is 0.697. The number of hydrogen-bond donors (Lipinski definition) is 0. The van der Waals surface area contributed by atoms with E-state index in [-0.39, 0.29) is 5.75 Å². The van der Waals surface area contributed by atoms with E-state index < -0.39 is 16.4 Å². The van der Waals surface area contributed by atoms with Crippen LogP contribution in [0.3, 0.4) is 0 Å². The Kier molecular flexibility index (Phi) is 2.23. The fourth-order valence-corrected chi connectivity index (χ4v) is 0.697. The summed E-state index contributed by atoms with van der Waals surface area (Å²) in [6.45, 7) is 0. The van der Waals surface area contributed by atoms with Gasteiger partial charge in [-0.2, -0.15) is 4.39 Å². The third-order valence-electron chi connectivity index (χ3n) is 1.27. The predicted molar refractivity (Wildman–Crippen MR) is 38.4 cm³/mol. The maximum absolute atomic E-state index is 12.7. The van der Waals surface area contributed by atoms with Crippen molar-refractivity contribution in [3.8, 4) is 5.75 Å². The van der Waals surface area contributed by atoms with Crippen LogP contribution in [0.1, 0.15) is 0 Å². The Morgan fingerprint density at radius 3 is 2.83 bits per heavy atom. The Balaban J connectivity index is 3.12. The molecule has 0 N–H and O–H groups in total. The number of hydrogen-bond acceptors (Lipinski definition) is 3. The van der Waals surface area contributed by atoms with E-state index in [1.165, 1.54) is 7.11 Å². The number of nitro groups is 1. The Morgan fingerprint density at radius 2 is 2.42 bits per heavy atom. The summed E-state index contributed by atoms with van der Waals surface area (Å²) < 4.78 is 17.4. The molecule has 0 aliphatic heterocycles. The summed E-state index contributed by atoms with van der Waals surface area (Å²) in [7, 11) is 1.33. The molecule has 0 spiro atoms. The third kappa shape index (κ3) is 1.50. The standard InChI is InChI=1S/C7H5FNO3/c1-12-5-2-3-7(9(10)11)6(8)4-5/h3-4H,1H3. The number of ether oxygens (including phenoxy) is 1. The lowest BCUT2D eigenvalue weighted by atomic mass is 10.3. The van der Waals surface area contributed by atoms with Crippen LogP contribution in [0.5, 0.6) is 5.75 Å². The van der Waals surface area contributed by atoms with Crippen molar-refractivity contribution < 1.29 is 14.1 Å². The van der Waals surface area contributed by atoms with Crippen molar-refractivity contribution in [2.75, 3.05) is 7.11 Å². The smallest absolute Gasteiger partial charge is 0.305 e. The molecular formula is C7H5FNO3.